The fourth-order valence-electron chi connectivity index (χ4n) is 2.50. The summed E-state index contributed by atoms with van der Waals surface area (Å²) < 4.78 is 5.04. The number of anilines is 1. The minimum Gasteiger partial charge on any atom is -0.459 e. The molecule has 0 aliphatic carbocycles. The standard InChI is InChI=1S/C18H26N4O3S/c1-3-4-5-6-7-8-11-16-20-21-18(26-16)19-15(23)13-22(2)17(24)14-10-9-12-25-14/h9-10,12H,3-8,11,13H2,1-2H3,(H,19,21,23). The first-order chi connectivity index (χ1) is 12.6. The van der Waals surface area contributed by atoms with Gasteiger partial charge in [-0.1, -0.05) is 50.4 Å². The first kappa shape index (κ1) is 20.1. The van der Waals surface area contributed by atoms with Crippen molar-refractivity contribution in [3.63, 3.8) is 0 Å². The summed E-state index contributed by atoms with van der Waals surface area (Å²) in [6, 6.07) is 3.20. The van der Waals surface area contributed by atoms with Crippen molar-refractivity contribution in [1.29, 1.82) is 0 Å². The molecule has 2 aromatic rings. The number of nitrogens with one attached hydrogen (secondary N) is 1. The van der Waals surface area contributed by atoms with Gasteiger partial charge >= 0.3 is 0 Å². The van der Waals surface area contributed by atoms with Crippen LogP contribution in [0.15, 0.2) is 22.8 Å². The predicted molar refractivity (Wildman–Crippen MR) is 101 cm³/mol. The molecule has 7 nitrogen and oxygen atoms in total. The lowest BCUT2D eigenvalue weighted by Crippen LogP contribution is -2.34. The summed E-state index contributed by atoms with van der Waals surface area (Å²) in [6.07, 6.45) is 9.69. The molecule has 0 radical (unpaired) electrons. The Hall–Kier alpha value is -2.22. The zero-order valence-corrected chi connectivity index (χ0v) is 16.2. The zero-order chi connectivity index (χ0) is 18.8. The van der Waals surface area contributed by atoms with Gasteiger partial charge in [0.05, 0.1) is 6.26 Å². The maximum absolute atomic E-state index is 12.1. The van der Waals surface area contributed by atoms with Crippen LogP contribution in [-0.4, -0.2) is 40.5 Å². The molecular weight excluding hydrogens is 352 g/mol. The maximum atomic E-state index is 12.1. The lowest BCUT2D eigenvalue weighted by Gasteiger charge is -2.14. The van der Waals surface area contributed by atoms with Gasteiger partial charge in [0.15, 0.2) is 5.76 Å². The Labute approximate surface area is 157 Å². The summed E-state index contributed by atoms with van der Waals surface area (Å²) in [4.78, 5) is 25.4. The molecule has 142 valence electrons. The number of aryl methyl sites for hydroxylation is 1. The van der Waals surface area contributed by atoms with Crippen molar-refractivity contribution < 1.29 is 14.0 Å². The smallest absolute Gasteiger partial charge is 0.289 e. The number of amides is 2. The largest absolute Gasteiger partial charge is 0.459 e. The molecule has 26 heavy (non-hydrogen) atoms. The summed E-state index contributed by atoms with van der Waals surface area (Å²) in [5, 5.41) is 12.2. The molecule has 0 unspecified atom stereocenters. The Morgan fingerprint density at radius 3 is 2.69 bits per heavy atom. The quantitative estimate of drug-likeness (QED) is 0.602. The second kappa shape index (κ2) is 10.7. The van der Waals surface area contributed by atoms with E-state index in [2.05, 4.69) is 22.4 Å². The van der Waals surface area contributed by atoms with Crippen molar-refractivity contribution in [2.24, 2.45) is 0 Å². The van der Waals surface area contributed by atoms with Gasteiger partial charge < -0.3 is 9.32 Å². The van der Waals surface area contributed by atoms with Crippen LogP contribution in [0.2, 0.25) is 0 Å². The van der Waals surface area contributed by atoms with Crippen LogP contribution in [0, 0.1) is 0 Å². The molecule has 0 aromatic carbocycles. The molecule has 0 aliphatic rings. The van der Waals surface area contributed by atoms with Crippen molar-refractivity contribution in [1.82, 2.24) is 15.1 Å². The van der Waals surface area contributed by atoms with E-state index in [1.165, 1.54) is 54.6 Å². The highest BCUT2D eigenvalue weighted by molar-refractivity contribution is 7.15. The first-order valence-electron chi connectivity index (χ1n) is 9.01. The van der Waals surface area contributed by atoms with Gasteiger partial charge in [-0.2, -0.15) is 0 Å². The number of carbonyl (C=O) groups is 2. The number of rotatable bonds is 11. The minimum absolute atomic E-state index is 0.0775. The van der Waals surface area contributed by atoms with Gasteiger partial charge in [0, 0.05) is 13.5 Å². The van der Waals surface area contributed by atoms with Crippen molar-refractivity contribution in [3.8, 4) is 0 Å². The summed E-state index contributed by atoms with van der Waals surface area (Å²) in [6.45, 7) is 2.13. The van der Waals surface area contributed by atoms with Crippen LogP contribution in [-0.2, 0) is 11.2 Å². The molecule has 2 heterocycles. The van der Waals surface area contributed by atoms with E-state index in [-0.39, 0.29) is 24.1 Å². The van der Waals surface area contributed by atoms with Crippen LogP contribution in [0.25, 0.3) is 0 Å². The number of unbranched alkanes of at least 4 members (excludes halogenated alkanes) is 5. The van der Waals surface area contributed by atoms with Gasteiger partial charge in [-0.15, -0.1) is 10.2 Å². The van der Waals surface area contributed by atoms with E-state index in [4.69, 9.17) is 4.42 Å². The van der Waals surface area contributed by atoms with Crippen LogP contribution in [0.4, 0.5) is 5.13 Å². The first-order valence-corrected chi connectivity index (χ1v) is 9.83. The van der Waals surface area contributed by atoms with Gasteiger partial charge in [0.2, 0.25) is 11.0 Å². The minimum atomic E-state index is -0.342. The maximum Gasteiger partial charge on any atom is 0.289 e. The average molecular weight is 378 g/mol. The van der Waals surface area contributed by atoms with Gasteiger partial charge in [0.1, 0.15) is 11.6 Å². The molecule has 2 aromatic heterocycles. The van der Waals surface area contributed by atoms with Gasteiger partial charge in [-0.3, -0.25) is 14.9 Å². The number of aromatic nitrogens is 2. The summed E-state index contributed by atoms with van der Waals surface area (Å²) in [7, 11) is 1.55. The summed E-state index contributed by atoms with van der Waals surface area (Å²) in [5.41, 5.74) is 0. The highest BCUT2D eigenvalue weighted by Crippen LogP contribution is 2.18. The molecule has 2 amide bonds. The lowest BCUT2D eigenvalue weighted by molar-refractivity contribution is -0.116. The third-order valence-electron chi connectivity index (χ3n) is 3.92. The monoisotopic (exact) mass is 378 g/mol. The van der Waals surface area contributed by atoms with E-state index in [1.54, 1.807) is 19.2 Å². The predicted octanol–water partition coefficient (Wildman–Crippen LogP) is 3.74. The normalized spacial score (nSPS) is 10.7. The topological polar surface area (TPSA) is 88.3 Å². The van der Waals surface area contributed by atoms with Crippen LogP contribution < -0.4 is 5.32 Å². The molecule has 0 spiro atoms. The Balaban J connectivity index is 1.70. The number of nitrogens with zero attached hydrogens (tertiary/aromatic N) is 3. The van der Waals surface area contributed by atoms with Crippen LogP contribution in [0.3, 0.4) is 0 Å². The van der Waals surface area contributed by atoms with E-state index in [9.17, 15) is 9.59 Å². The highest BCUT2D eigenvalue weighted by Gasteiger charge is 2.18. The van der Waals surface area contributed by atoms with E-state index in [1.807, 2.05) is 0 Å². The zero-order valence-electron chi connectivity index (χ0n) is 15.4. The van der Waals surface area contributed by atoms with Crippen molar-refractivity contribution in [2.45, 2.75) is 51.9 Å². The van der Waals surface area contributed by atoms with E-state index in [0.29, 0.717) is 5.13 Å². The SMILES string of the molecule is CCCCCCCCc1nnc(NC(=O)CN(C)C(=O)c2ccco2)s1. The number of furan rings is 1. The van der Waals surface area contributed by atoms with Crippen molar-refractivity contribution >= 4 is 28.3 Å². The van der Waals surface area contributed by atoms with E-state index >= 15 is 0 Å². The van der Waals surface area contributed by atoms with E-state index in [0.717, 1.165) is 17.8 Å². The van der Waals surface area contributed by atoms with Crippen LogP contribution >= 0.6 is 11.3 Å². The molecular formula is C18H26N4O3S. The second-order valence-electron chi connectivity index (χ2n) is 6.21. The van der Waals surface area contributed by atoms with E-state index < -0.39 is 0 Å². The fourth-order valence-corrected chi connectivity index (χ4v) is 3.29. The Kier molecular flexibility index (Phi) is 8.27. The van der Waals surface area contributed by atoms with Crippen LogP contribution in [0.5, 0.6) is 0 Å². The lowest BCUT2D eigenvalue weighted by atomic mass is 10.1. The Morgan fingerprint density at radius 1 is 1.19 bits per heavy atom. The number of likely N-dealkylation sites (N-methyl/N-ethyl adjacent to an activating group) is 1. The number of hydrogen-bond donors (Lipinski definition) is 1. The van der Waals surface area contributed by atoms with Crippen LogP contribution in [0.1, 0.15) is 61.0 Å². The Morgan fingerprint density at radius 2 is 1.96 bits per heavy atom. The van der Waals surface area contributed by atoms with Gasteiger partial charge in [-0.05, 0) is 18.6 Å². The number of hydrogen-bond acceptors (Lipinski definition) is 6. The van der Waals surface area contributed by atoms with Crippen molar-refractivity contribution in [2.75, 3.05) is 18.9 Å². The molecule has 2 rings (SSSR count). The molecule has 0 saturated heterocycles. The molecule has 1 N–H and O–H groups in total. The highest BCUT2D eigenvalue weighted by atomic mass is 32.1. The third-order valence-corrected chi connectivity index (χ3v) is 4.82. The molecule has 0 fully saturated rings. The number of carbonyl (C=O) groups excluding carboxylic acids is 2. The average Bonchev–Trinajstić information content (AvgIpc) is 3.29. The third kappa shape index (κ3) is 6.59. The van der Waals surface area contributed by atoms with Gasteiger partial charge in [0.25, 0.3) is 5.91 Å². The van der Waals surface area contributed by atoms with Gasteiger partial charge in [-0.25, -0.2) is 0 Å². The Bertz CT molecular complexity index is 684. The molecule has 0 saturated carbocycles. The summed E-state index contributed by atoms with van der Waals surface area (Å²) >= 11 is 1.39. The summed E-state index contributed by atoms with van der Waals surface area (Å²) in [5.74, 6) is -0.446. The molecule has 0 bridgehead atoms. The molecule has 8 heteroatoms. The molecule has 0 atom stereocenters. The second-order valence-corrected chi connectivity index (χ2v) is 7.27. The van der Waals surface area contributed by atoms with Crippen molar-refractivity contribution in [3.05, 3.63) is 29.2 Å². The fraction of sp³-hybridized carbons (Fsp3) is 0.556. The molecule has 0 aliphatic heterocycles.